The minimum absolute atomic E-state index is 0.207. The van der Waals surface area contributed by atoms with Gasteiger partial charge in [0.05, 0.1) is 0 Å². The lowest BCUT2D eigenvalue weighted by atomic mass is 10.1. The molecule has 0 radical (unpaired) electrons. The summed E-state index contributed by atoms with van der Waals surface area (Å²) in [5, 5.41) is 4.44. The van der Waals surface area contributed by atoms with Crippen molar-refractivity contribution in [3.63, 3.8) is 0 Å². The van der Waals surface area contributed by atoms with E-state index in [0.29, 0.717) is 16.3 Å². The third-order valence-electron chi connectivity index (χ3n) is 3.18. The lowest BCUT2D eigenvalue weighted by molar-refractivity contribution is 0.305. The zero-order chi connectivity index (χ0) is 15.5. The maximum Gasteiger partial charge on any atom is 0.134 e. The molecule has 3 rings (SSSR count). The molecule has 0 unspecified atom stereocenters. The van der Waals surface area contributed by atoms with Gasteiger partial charge in [0.2, 0.25) is 0 Å². The highest BCUT2D eigenvalue weighted by molar-refractivity contribution is 6.31. The second-order valence-corrected chi connectivity index (χ2v) is 5.28. The number of benzene rings is 2. The van der Waals surface area contributed by atoms with Crippen LogP contribution in [-0.4, -0.2) is 5.16 Å². The Kier molecular flexibility index (Phi) is 4.11. The molecule has 5 heteroatoms. The first-order chi connectivity index (χ1) is 10.6. The number of ether oxygens (including phenoxy) is 1. The van der Waals surface area contributed by atoms with Crippen molar-refractivity contribution in [2.75, 3.05) is 0 Å². The van der Waals surface area contributed by atoms with Crippen molar-refractivity contribution < 1.29 is 13.7 Å². The minimum Gasteiger partial charge on any atom is -0.489 e. The van der Waals surface area contributed by atoms with E-state index in [0.717, 1.165) is 17.0 Å². The van der Waals surface area contributed by atoms with E-state index in [4.69, 9.17) is 20.9 Å². The Morgan fingerprint density at radius 2 is 1.91 bits per heavy atom. The molecule has 2 aromatic carbocycles. The number of hydrogen-bond donors (Lipinski definition) is 0. The number of hydrogen-bond acceptors (Lipinski definition) is 3. The van der Waals surface area contributed by atoms with Crippen LogP contribution in [0.25, 0.3) is 11.3 Å². The molecule has 0 spiro atoms. The molecule has 0 saturated heterocycles. The van der Waals surface area contributed by atoms with Gasteiger partial charge in [-0.15, -0.1) is 0 Å². The molecular formula is C17H13ClFNO2. The topological polar surface area (TPSA) is 35.3 Å². The number of aromatic nitrogens is 1. The highest BCUT2D eigenvalue weighted by Gasteiger charge is 2.06. The summed E-state index contributed by atoms with van der Waals surface area (Å²) in [5.41, 5.74) is 2.32. The average Bonchev–Trinajstić information content (AvgIpc) is 2.95. The Balaban J connectivity index is 1.70. The Bertz CT molecular complexity index is 784. The fourth-order valence-corrected chi connectivity index (χ4v) is 2.21. The second kappa shape index (κ2) is 6.20. The first kappa shape index (κ1) is 14.6. The van der Waals surface area contributed by atoms with E-state index in [1.54, 1.807) is 0 Å². The van der Waals surface area contributed by atoms with Crippen LogP contribution in [-0.2, 0) is 6.61 Å². The van der Waals surface area contributed by atoms with Crippen molar-refractivity contribution >= 4 is 11.6 Å². The molecule has 0 atom stereocenters. The highest BCUT2D eigenvalue weighted by atomic mass is 35.5. The number of aryl methyl sites for hydroxylation is 1. The van der Waals surface area contributed by atoms with Crippen molar-refractivity contribution in [3.8, 4) is 17.0 Å². The molecule has 0 fully saturated rings. The maximum absolute atomic E-state index is 13.2. The molecule has 1 heterocycles. The molecule has 0 aliphatic rings. The maximum atomic E-state index is 13.2. The van der Waals surface area contributed by atoms with Gasteiger partial charge in [-0.3, -0.25) is 0 Å². The van der Waals surface area contributed by atoms with E-state index in [2.05, 4.69) is 5.16 Å². The van der Waals surface area contributed by atoms with Crippen LogP contribution >= 0.6 is 11.6 Å². The van der Waals surface area contributed by atoms with E-state index in [1.807, 2.05) is 37.3 Å². The summed E-state index contributed by atoms with van der Waals surface area (Å²) >= 11 is 6.00. The fraction of sp³-hybridized carbons (Fsp3) is 0.118. The molecule has 0 aliphatic carbocycles. The quantitative estimate of drug-likeness (QED) is 0.677. The molecule has 3 aromatic rings. The zero-order valence-corrected chi connectivity index (χ0v) is 12.6. The van der Waals surface area contributed by atoms with E-state index < -0.39 is 0 Å². The molecule has 0 aliphatic heterocycles. The van der Waals surface area contributed by atoms with Gasteiger partial charge in [-0.1, -0.05) is 16.8 Å². The van der Waals surface area contributed by atoms with E-state index in [-0.39, 0.29) is 12.4 Å². The molecule has 0 saturated carbocycles. The Labute approximate surface area is 132 Å². The molecule has 3 nitrogen and oxygen atoms in total. The summed E-state index contributed by atoms with van der Waals surface area (Å²) in [7, 11) is 0. The number of rotatable bonds is 4. The van der Waals surface area contributed by atoms with Crippen LogP contribution in [0, 0.1) is 12.7 Å². The van der Waals surface area contributed by atoms with Gasteiger partial charge in [-0.2, -0.15) is 0 Å². The molecule has 0 bridgehead atoms. The molecule has 0 N–H and O–H groups in total. The second-order valence-electron chi connectivity index (χ2n) is 4.87. The van der Waals surface area contributed by atoms with Crippen molar-refractivity contribution in [1.82, 2.24) is 5.16 Å². The molecule has 112 valence electrons. The Morgan fingerprint density at radius 1 is 1.14 bits per heavy atom. The van der Waals surface area contributed by atoms with Crippen LogP contribution in [0.3, 0.4) is 0 Å². The van der Waals surface area contributed by atoms with Gasteiger partial charge in [0.15, 0.2) is 0 Å². The van der Waals surface area contributed by atoms with E-state index in [9.17, 15) is 4.39 Å². The summed E-state index contributed by atoms with van der Waals surface area (Å²) in [6.45, 7) is 2.05. The predicted octanol–water partition coefficient (Wildman–Crippen LogP) is 5.02. The first-order valence-electron chi connectivity index (χ1n) is 6.72. The number of nitrogens with zero attached hydrogens (tertiary/aromatic N) is 1. The highest BCUT2D eigenvalue weighted by Crippen LogP contribution is 2.24. The lowest BCUT2D eigenvalue weighted by Gasteiger charge is -2.08. The smallest absolute Gasteiger partial charge is 0.134 e. The normalized spacial score (nSPS) is 10.7. The monoisotopic (exact) mass is 317 g/mol. The van der Waals surface area contributed by atoms with Gasteiger partial charge in [0, 0.05) is 22.2 Å². The van der Waals surface area contributed by atoms with Crippen molar-refractivity contribution in [2.45, 2.75) is 13.5 Å². The fourth-order valence-electron chi connectivity index (χ4n) is 2.04. The van der Waals surface area contributed by atoms with Crippen LogP contribution < -0.4 is 4.74 Å². The van der Waals surface area contributed by atoms with Gasteiger partial charge in [0.1, 0.15) is 29.6 Å². The van der Waals surface area contributed by atoms with Gasteiger partial charge >= 0.3 is 0 Å². The van der Waals surface area contributed by atoms with Gasteiger partial charge in [-0.05, 0) is 49.4 Å². The zero-order valence-electron chi connectivity index (χ0n) is 11.8. The van der Waals surface area contributed by atoms with Crippen molar-refractivity contribution in [1.29, 1.82) is 0 Å². The SMILES string of the molecule is Cc1cc(-c2ccc(OCc3cc(F)ccc3Cl)cc2)no1. The summed E-state index contributed by atoms with van der Waals surface area (Å²) in [4.78, 5) is 0. The average molecular weight is 318 g/mol. The first-order valence-corrected chi connectivity index (χ1v) is 7.10. The predicted molar refractivity (Wildman–Crippen MR) is 82.4 cm³/mol. The third kappa shape index (κ3) is 3.28. The summed E-state index contributed by atoms with van der Waals surface area (Å²) in [6.07, 6.45) is 0. The summed E-state index contributed by atoms with van der Waals surface area (Å²) in [6, 6.07) is 13.5. The summed E-state index contributed by atoms with van der Waals surface area (Å²) in [5.74, 6) is 1.10. The molecule has 22 heavy (non-hydrogen) atoms. The van der Waals surface area contributed by atoms with Crippen LogP contribution in [0.1, 0.15) is 11.3 Å². The standard InChI is InChI=1S/C17H13ClFNO2/c1-11-8-17(20-22-11)12-2-5-15(6-3-12)21-10-13-9-14(19)4-7-16(13)18/h2-9H,10H2,1H3. The van der Waals surface area contributed by atoms with Crippen LogP contribution in [0.15, 0.2) is 53.1 Å². The minimum atomic E-state index is -0.334. The molecule has 1 aromatic heterocycles. The molecular weight excluding hydrogens is 305 g/mol. The number of halogens is 2. The van der Waals surface area contributed by atoms with Gasteiger partial charge in [0.25, 0.3) is 0 Å². The van der Waals surface area contributed by atoms with E-state index in [1.165, 1.54) is 18.2 Å². The largest absolute Gasteiger partial charge is 0.489 e. The van der Waals surface area contributed by atoms with Crippen LogP contribution in [0.4, 0.5) is 4.39 Å². The van der Waals surface area contributed by atoms with E-state index >= 15 is 0 Å². The van der Waals surface area contributed by atoms with Gasteiger partial charge < -0.3 is 9.26 Å². The Morgan fingerprint density at radius 3 is 2.59 bits per heavy atom. The van der Waals surface area contributed by atoms with Gasteiger partial charge in [-0.25, -0.2) is 4.39 Å². The van der Waals surface area contributed by atoms with Crippen LogP contribution in [0.5, 0.6) is 5.75 Å². The van der Waals surface area contributed by atoms with Crippen molar-refractivity contribution in [2.24, 2.45) is 0 Å². The Hall–Kier alpha value is -2.33. The lowest BCUT2D eigenvalue weighted by Crippen LogP contribution is -1.97. The third-order valence-corrected chi connectivity index (χ3v) is 3.55. The van der Waals surface area contributed by atoms with Crippen molar-refractivity contribution in [3.05, 3.63) is 70.7 Å². The van der Waals surface area contributed by atoms with Crippen LogP contribution in [0.2, 0.25) is 5.02 Å². The summed E-state index contributed by atoms with van der Waals surface area (Å²) < 4.78 is 23.9. The molecule has 0 amide bonds.